The quantitative estimate of drug-likeness (QED) is 0.141. The van der Waals surface area contributed by atoms with Crippen molar-refractivity contribution < 1.29 is 24.1 Å². The van der Waals surface area contributed by atoms with Crippen molar-refractivity contribution in [2.45, 2.75) is 97.0 Å². The van der Waals surface area contributed by atoms with Crippen molar-refractivity contribution in [3.05, 3.63) is 95.9 Å². The Morgan fingerprint density at radius 1 is 0.868 bits per heavy atom. The number of allylic oxidation sites excluding steroid dienone is 5. The Hall–Kier alpha value is -1.49. The average Bonchev–Trinajstić information content (AvgIpc) is 3.57. The average molecular weight is 618 g/mol. The summed E-state index contributed by atoms with van der Waals surface area (Å²) >= 11 is 0. The van der Waals surface area contributed by atoms with Crippen molar-refractivity contribution in [1.29, 1.82) is 0 Å². The fraction of sp³-hybridized carbons (Fsp3) is 0.500. The summed E-state index contributed by atoms with van der Waals surface area (Å²) < 4.78 is 9.55. The number of fused-ring (bicyclic) bond motifs is 2. The molecule has 0 bridgehead atoms. The summed E-state index contributed by atoms with van der Waals surface area (Å²) in [6, 6.07) is 10.7. The van der Waals surface area contributed by atoms with E-state index in [2.05, 4.69) is 127 Å². The molecule has 0 spiro atoms. The van der Waals surface area contributed by atoms with Gasteiger partial charge in [0, 0.05) is 0 Å². The molecule has 5 rings (SSSR count). The molecule has 1 saturated carbocycles. The standard InChI is InChI=1S/C19H16N.C9H21P.C5H10.CO.Ru/c1-20-12-16-11-15-9-5-6-10-17(15)19(18(16)13-20)14-7-3-2-4-8-14;1-7(2)10(8(3)4)9(5)6;1-2-4-5-3-1;1-2;/h2-10,12,15H,11H2,1H3;7-9H,1-6H3;1-5H2;;/q-1;;;;+2. The van der Waals surface area contributed by atoms with Crippen molar-refractivity contribution >= 4 is 13.5 Å². The van der Waals surface area contributed by atoms with Crippen LogP contribution >= 0.6 is 7.92 Å². The van der Waals surface area contributed by atoms with Crippen LogP contribution in [-0.2, 0) is 37.6 Å². The molecule has 1 atom stereocenters. The molecule has 1 fully saturated rings. The third kappa shape index (κ3) is 9.92. The molecule has 4 heteroatoms. The van der Waals surface area contributed by atoms with E-state index in [4.69, 9.17) is 4.65 Å². The molecule has 1 heterocycles. The largest absolute Gasteiger partial charge is 2.00 e. The van der Waals surface area contributed by atoms with E-state index in [1.54, 1.807) is 0 Å². The minimum Gasteiger partial charge on any atom is 2.00 e. The fourth-order valence-corrected chi connectivity index (χ4v) is 9.53. The third-order valence-electron chi connectivity index (χ3n) is 7.17. The molecule has 0 aliphatic heterocycles. The summed E-state index contributed by atoms with van der Waals surface area (Å²) in [4.78, 5) is 0. The Bertz CT molecular complexity index is 1030. The molecule has 3 aliphatic rings. The summed E-state index contributed by atoms with van der Waals surface area (Å²) in [6.45, 7) is 18.6. The van der Waals surface area contributed by atoms with Gasteiger partial charge in [-0.05, 0) is 29.9 Å². The van der Waals surface area contributed by atoms with Crippen LogP contribution in [0.15, 0.2) is 66.4 Å². The predicted octanol–water partition coefficient (Wildman–Crippen LogP) is 9.53. The maximum absolute atomic E-state index is 7.50. The Morgan fingerprint density at radius 3 is 1.87 bits per heavy atom. The number of hydrogen-bond acceptors (Lipinski definition) is 0. The van der Waals surface area contributed by atoms with E-state index in [0.29, 0.717) is 5.92 Å². The summed E-state index contributed by atoms with van der Waals surface area (Å²) in [5.74, 6) is 0.499. The number of nitrogens with zero attached hydrogens (tertiary/aromatic N) is 1. The molecule has 1 unspecified atom stereocenters. The van der Waals surface area contributed by atoms with E-state index < -0.39 is 0 Å². The van der Waals surface area contributed by atoms with E-state index >= 15 is 0 Å². The van der Waals surface area contributed by atoms with Gasteiger partial charge in [0.2, 0.25) is 0 Å². The zero-order valence-electron chi connectivity index (χ0n) is 24.5. The van der Waals surface area contributed by atoms with Gasteiger partial charge in [0.25, 0.3) is 0 Å². The second-order valence-electron chi connectivity index (χ2n) is 11.0. The Morgan fingerprint density at radius 2 is 1.39 bits per heavy atom. The molecule has 38 heavy (non-hydrogen) atoms. The summed E-state index contributed by atoms with van der Waals surface area (Å²) in [6.07, 6.45) is 23.1. The van der Waals surface area contributed by atoms with Gasteiger partial charge in [0.15, 0.2) is 0 Å². The molecule has 0 amide bonds. The molecule has 206 valence electrons. The van der Waals surface area contributed by atoms with Gasteiger partial charge in [-0.3, -0.25) is 0 Å². The third-order valence-corrected chi connectivity index (χ3v) is 10.7. The van der Waals surface area contributed by atoms with Gasteiger partial charge in [-0.15, -0.1) is 17.3 Å². The van der Waals surface area contributed by atoms with E-state index in [9.17, 15) is 0 Å². The Kier molecular flexibility index (Phi) is 16.3. The summed E-state index contributed by atoms with van der Waals surface area (Å²) in [7, 11) is 2.32. The van der Waals surface area contributed by atoms with Crippen LogP contribution in [-0.4, -0.2) is 21.5 Å². The second-order valence-corrected chi connectivity index (χ2v) is 15.0. The van der Waals surface area contributed by atoms with Gasteiger partial charge >= 0.3 is 30.8 Å². The normalized spacial score (nSPS) is 17.0. The van der Waals surface area contributed by atoms with E-state index in [0.717, 1.165) is 23.4 Å². The van der Waals surface area contributed by atoms with E-state index in [1.165, 1.54) is 59.9 Å². The number of hydrogen-bond donors (Lipinski definition) is 0. The molecule has 2 nitrogen and oxygen atoms in total. The minimum absolute atomic E-state index is 0. The number of rotatable bonds is 4. The van der Waals surface area contributed by atoms with Gasteiger partial charge in [-0.25, -0.2) is 0 Å². The van der Waals surface area contributed by atoms with Crippen LogP contribution < -0.4 is 0 Å². The SMILES string of the molecule is C1CCCC1.CC(C)P(C(C)C)C(C)C.Cn1[c-]c2c(c1)CC1C=CC=CC1=C2c1ccccc1.[C-]#[O+].[Ru+2]. The van der Waals surface area contributed by atoms with Crippen LogP contribution in [0.2, 0.25) is 0 Å². The number of benzene rings is 1. The van der Waals surface area contributed by atoms with Crippen molar-refractivity contribution in [2.75, 3.05) is 0 Å². The van der Waals surface area contributed by atoms with Crippen LogP contribution in [0.25, 0.3) is 5.57 Å². The summed E-state index contributed by atoms with van der Waals surface area (Å²) in [5.41, 5.74) is 9.42. The van der Waals surface area contributed by atoms with Crippen molar-refractivity contribution in [1.82, 2.24) is 4.57 Å². The molecule has 0 radical (unpaired) electrons. The van der Waals surface area contributed by atoms with E-state index in [1.807, 2.05) is 0 Å². The number of aryl methyl sites for hydroxylation is 1. The zero-order chi connectivity index (χ0) is 27.4. The van der Waals surface area contributed by atoms with Crippen LogP contribution in [0.5, 0.6) is 0 Å². The first kappa shape index (κ1) is 34.5. The smallest absolute Gasteiger partial charge is 2.00 e. The first-order valence-corrected chi connectivity index (χ1v) is 15.5. The molecule has 0 saturated heterocycles. The first-order valence-electron chi connectivity index (χ1n) is 14.0. The van der Waals surface area contributed by atoms with Crippen LogP contribution in [0, 0.1) is 18.8 Å². The van der Waals surface area contributed by atoms with Gasteiger partial charge in [0.1, 0.15) is 0 Å². The van der Waals surface area contributed by atoms with Gasteiger partial charge in [0.05, 0.1) is 0 Å². The predicted molar refractivity (Wildman–Crippen MR) is 162 cm³/mol. The molecular formula is C34H47NOPRu+. The zero-order valence-corrected chi connectivity index (χ0v) is 27.1. The molecule has 2 aromatic rings. The van der Waals surface area contributed by atoms with Crippen molar-refractivity contribution in [3.63, 3.8) is 0 Å². The monoisotopic (exact) mass is 618 g/mol. The molecular weight excluding hydrogens is 570 g/mol. The number of aromatic nitrogens is 1. The van der Waals surface area contributed by atoms with Crippen molar-refractivity contribution in [2.24, 2.45) is 13.0 Å². The Balaban J connectivity index is 0.000000338. The van der Waals surface area contributed by atoms with Gasteiger partial charge in [-0.2, -0.15) is 0 Å². The minimum atomic E-state index is 0. The maximum Gasteiger partial charge on any atom is 2.00 e. The van der Waals surface area contributed by atoms with E-state index in [-0.39, 0.29) is 27.4 Å². The topological polar surface area (TPSA) is 24.8 Å². The van der Waals surface area contributed by atoms with Crippen LogP contribution in [0.4, 0.5) is 0 Å². The second kappa shape index (κ2) is 18.0. The summed E-state index contributed by atoms with van der Waals surface area (Å²) in [5, 5.41) is 0. The Labute approximate surface area is 247 Å². The van der Waals surface area contributed by atoms with Crippen LogP contribution in [0.3, 0.4) is 0 Å². The van der Waals surface area contributed by atoms with Crippen LogP contribution in [0.1, 0.15) is 90.3 Å². The molecule has 1 aromatic carbocycles. The van der Waals surface area contributed by atoms with Gasteiger partial charge < -0.3 is 4.57 Å². The van der Waals surface area contributed by atoms with Crippen molar-refractivity contribution in [3.8, 4) is 0 Å². The fourth-order valence-electron chi connectivity index (χ4n) is 5.95. The first-order chi connectivity index (χ1) is 17.8. The molecule has 0 N–H and O–H groups in total. The molecule has 1 aromatic heterocycles. The van der Waals surface area contributed by atoms with Gasteiger partial charge in [-0.1, -0.05) is 166 Å². The molecule has 3 aliphatic carbocycles. The maximum atomic E-state index is 7.50.